The lowest BCUT2D eigenvalue weighted by atomic mass is 10.1. The second-order valence-corrected chi connectivity index (χ2v) is 20.6. The van der Waals surface area contributed by atoms with Gasteiger partial charge >= 0.3 is 17.9 Å². The molecule has 0 N–H and O–H groups in total. The van der Waals surface area contributed by atoms with E-state index in [2.05, 4.69) is 167 Å². The topological polar surface area (TPSA) is 78.9 Å². The average Bonchev–Trinajstić information content (AvgIpc) is 3.44. The summed E-state index contributed by atoms with van der Waals surface area (Å²) in [6.45, 7) is 6.42. The number of hydrogen-bond acceptors (Lipinski definition) is 6. The van der Waals surface area contributed by atoms with Gasteiger partial charge in [0.1, 0.15) is 13.2 Å². The van der Waals surface area contributed by atoms with E-state index in [9.17, 15) is 14.4 Å². The van der Waals surface area contributed by atoms with E-state index in [0.717, 1.165) is 128 Å². The van der Waals surface area contributed by atoms with Gasteiger partial charge in [-0.15, -0.1) is 0 Å². The second kappa shape index (κ2) is 64.8. The van der Waals surface area contributed by atoms with E-state index in [1.54, 1.807) is 0 Å². The number of esters is 3. The number of carbonyl (C=O) groups excluding carboxylic acids is 3. The van der Waals surface area contributed by atoms with Crippen molar-refractivity contribution < 1.29 is 28.6 Å². The molecule has 0 saturated carbocycles. The van der Waals surface area contributed by atoms with Crippen LogP contribution in [0.5, 0.6) is 0 Å². The summed E-state index contributed by atoms with van der Waals surface area (Å²) in [6, 6.07) is 0. The molecular formula is C72H116O6. The minimum absolute atomic E-state index is 0.111. The fourth-order valence-corrected chi connectivity index (χ4v) is 8.29. The van der Waals surface area contributed by atoms with Gasteiger partial charge in [0.25, 0.3) is 0 Å². The van der Waals surface area contributed by atoms with Crippen LogP contribution in [0.1, 0.15) is 271 Å². The molecule has 0 aromatic carbocycles. The van der Waals surface area contributed by atoms with Crippen molar-refractivity contribution >= 4 is 17.9 Å². The van der Waals surface area contributed by atoms with Gasteiger partial charge < -0.3 is 14.2 Å². The molecule has 0 fully saturated rings. The van der Waals surface area contributed by atoms with Crippen LogP contribution in [0.2, 0.25) is 0 Å². The fraction of sp³-hybridized carbons (Fsp3) is 0.625. The molecule has 1 unspecified atom stereocenters. The first-order valence-corrected chi connectivity index (χ1v) is 31.8. The van der Waals surface area contributed by atoms with Gasteiger partial charge in [0.15, 0.2) is 6.10 Å². The van der Waals surface area contributed by atoms with Gasteiger partial charge in [0.05, 0.1) is 0 Å². The molecule has 0 heterocycles. The highest BCUT2D eigenvalue weighted by Gasteiger charge is 2.19. The number of ether oxygens (including phenoxy) is 3. The minimum Gasteiger partial charge on any atom is -0.462 e. The van der Waals surface area contributed by atoms with E-state index in [4.69, 9.17) is 14.2 Å². The minimum atomic E-state index is -0.820. The molecule has 0 rings (SSSR count). The Hall–Kier alpha value is -4.71. The number of rotatable bonds is 56. The summed E-state index contributed by atoms with van der Waals surface area (Å²) in [7, 11) is 0. The third-order valence-corrected chi connectivity index (χ3v) is 13.0. The van der Waals surface area contributed by atoms with Crippen molar-refractivity contribution in [3.05, 3.63) is 146 Å². The highest BCUT2D eigenvalue weighted by Crippen LogP contribution is 2.14. The van der Waals surface area contributed by atoms with Crippen molar-refractivity contribution in [3.8, 4) is 0 Å². The van der Waals surface area contributed by atoms with Crippen LogP contribution in [0.4, 0.5) is 0 Å². The summed E-state index contributed by atoms with van der Waals surface area (Å²) in [5.41, 5.74) is 0. The Morgan fingerprint density at radius 3 is 0.859 bits per heavy atom. The SMILES string of the molecule is CC/C=C\C/C=C\C/C=C\C/C=C\C/C=C\C/C=C\C/C=C\CCCC(=O)OCC(COC(=O)CCCCCCCCC/C=C\C/C=C\CCCCCC)OC(=O)CCCCCCCC/C=C\C/C=C\C/C=C\CCCCC. The summed E-state index contributed by atoms with van der Waals surface area (Å²) in [4.78, 5) is 38.3. The lowest BCUT2D eigenvalue weighted by Gasteiger charge is -2.18. The molecule has 0 aromatic rings. The molecule has 78 heavy (non-hydrogen) atoms. The van der Waals surface area contributed by atoms with Crippen molar-refractivity contribution in [1.29, 1.82) is 0 Å². The zero-order chi connectivity index (χ0) is 56.4. The maximum Gasteiger partial charge on any atom is 0.306 e. The molecule has 0 spiro atoms. The molecule has 0 aliphatic rings. The summed E-state index contributed by atoms with van der Waals surface area (Å²) in [6.07, 6.45) is 92.7. The van der Waals surface area contributed by atoms with Crippen LogP contribution in [-0.2, 0) is 28.6 Å². The highest BCUT2D eigenvalue weighted by atomic mass is 16.6. The summed E-state index contributed by atoms with van der Waals surface area (Å²) in [5.74, 6) is -0.993. The molecule has 0 aliphatic heterocycles. The van der Waals surface area contributed by atoms with E-state index in [1.165, 1.54) is 96.3 Å². The first kappa shape index (κ1) is 73.3. The van der Waals surface area contributed by atoms with Crippen molar-refractivity contribution in [2.24, 2.45) is 0 Å². The Kier molecular flexibility index (Phi) is 60.9. The number of carbonyl (C=O) groups is 3. The zero-order valence-corrected chi connectivity index (χ0v) is 50.4. The van der Waals surface area contributed by atoms with Gasteiger partial charge in [-0.05, 0) is 141 Å². The standard InChI is InChI=1S/C72H116O6/c1-4-7-10-13-16-19-22-25-28-31-34-35-36-37-39-41-44-47-50-53-56-59-62-65-71(74)77-68-69(67-76-70(73)64-61-58-55-52-49-46-43-40-33-30-27-24-21-18-15-12-9-6-3)78-72(75)66-63-60-57-54-51-48-45-42-38-32-29-26-23-20-17-14-11-8-5-2/h7,10,16-17,19-21,24-26,28-30,33-35,37-39,42,44,47,53,56,69H,4-6,8-9,11-15,18,22-23,27,31-32,36,40-41,43,45-46,48-52,54-55,57-68H2,1-3H3/b10-7-,19-16-,20-17-,24-21-,28-25-,29-26-,33-30-,35-34-,39-37-,42-38-,47-44-,56-53-. The first-order valence-electron chi connectivity index (χ1n) is 31.8. The van der Waals surface area contributed by atoms with Gasteiger partial charge in [0.2, 0.25) is 0 Å². The van der Waals surface area contributed by atoms with Crippen LogP contribution >= 0.6 is 0 Å². The van der Waals surface area contributed by atoms with Gasteiger partial charge in [-0.25, -0.2) is 0 Å². The van der Waals surface area contributed by atoms with Crippen LogP contribution in [0, 0.1) is 0 Å². The van der Waals surface area contributed by atoms with Crippen molar-refractivity contribution in [2.75, 3.05) is 13.2 Å². The third-order valence-electron chi connectivity index (χ3n) is 13.0. The monoisotopic (exact) mass is 1080 g/mol. The lowest BCUT2D eigenvalue weighted by Crippen LogP contribution is -2.30. The molecule has 0 radical (unpaired) electrons. The molecule has 6 nitrogen and oxygen atoms in total. The Bertz CT molecular complexity index is 1710. The van der Waals surface area contributed by atoms with Crippen molar-refractivity contribution in [1.82, 2.24) is 0 Å². The first-order chi connectivity index (χ1) is 38.5. The Balaban J connectivity index is 4.55. The highest BCUT2D eigenvalue weighted by molar-refractivity contribution is 5.71. The number of allylic oxidation sites excluding steroid dienone is 24. The predicted octanol–water partition coefficient (Wildman–Crippen LogP) is 21.9. The van der Waals surface area contributed by atoms with Gasteiger partial charge in [-0.2, -0.15) is 0 Å². The van der Waals surface area contributed by atoms with E-state index in [-0.39, 0.29) is 37.5 Å². The normalized spacial score (nSPS) is 13.1. The molecular weight excluding hydrogens is 961 g/mol. The molecule has 0 amide bonds. The van der Waals surface area contributed by atoms with Gasteiger partial charge in [-0.3, -0.25) is 14.4 Å². The predicted molar refractivity (Wildman–Crippen MR) is 339 cm³/mol. The summed E-state index contributed by atoms with van der Waals surface area (Å²) in [5, 5.41) is 0. The summed E-state index contributed by atoms with van der Waals surface area (Å²) < 4.78 is 16.9. The van der Waals surface area contributed by atoms with Crippen LogP contribution in [0.3, 0.4) is 0 Å². The fourth-order valence-electron chi connectivity index (χ4n) is 8.29. The maximum atomic E-state index is 12.9. The molecule has 0 bridgehead atoms. The van der Waals surface area contributed by atoms with E-state index in [1.807, 2.05) is 0 Å². The maximum absolute atomic E-state index is 12.9. The molecule has 0 aromatic heterocycles. The van der Waals surface area contributed by atoms with E-state index >= 15 is 0 Å². The molecule has 1 atom stereocenters. The number of unbranched alkanes of at least 4 members (excludes halogenated alkanes) is 21. The van der Waals surface area contributed by atoms with Crippen LogP contribution in [0.15, 0.2) is 146 Å². The molecule has 0 saturated heterocycles. The zero-order valence-electron chi connectivity index (χ0n) is 50.4. The van der Waals surface area contributed by atoms with Gasteiger partial charge in [0, 0.05) is 19.3 Å². The van der Waals surface area contributed by atoms with Crippen LogP contribution in [0.25, 0.3) is 0 Å². The number of hydrogen-bond donors (Lipinski definition) is 0. The third kappa shape index (κ3) is 62.1. The van der Waals surface area contributed by atoms with Crippen LogP contribution < -0.4 is 0 Å². The second-order valence-electron chi connectivity index (χ2n) is 20.6. The smallest absolute Gasteiger partial charge is 0.306 e. The average molecular weight is 1080 g/mol. The van der Waals surface area contributed by atoms with E-state index in [0.29, 0.717) is 19.3 Å². The Morgan fingerprint density at radius 2 is 0.513 bits per heavy atom. The quantitative estimate of drug-likeness (QED) is 0.0261. The van der Waals surface area contributed by atoms with Crippen molar-refractivity contribution in [3.63, 3.8) is 0 Å². The van der Waals surface area contributed by atoms with Gasteiger partial charge in [-0.1, -0.05) is 256 Å². The molecule has 6 heteroatoms. The largest absolute Gasteiger partial charge is 0.462 e. The molecule has 440 valence electrons. The Labute approximate surface area is 480 Å². The van der Waals surface area contributed by atoms with E-state index < -0.39 is 6.10 Å². The lowest BCUT2D eigenvalue weighted by molar-refractivity contribution is -0.167. The van der Waals surface area contributed by atoms with Crippen LogP contribution in [-0.4, -0.2) is 37.2 Å². The molecule has 0 aliphatic carbocycles. The van der Waals surface area contributed by atoms with Crippen molar-refractivity contribution in [2.45, 2.75) is 277 Å². The summed E-state index contributed by atoms with van der Waals surface area (Å²) >= 11 is 0. The Morgan fingerprint density at radius 1 is 0.269 bits per heavy atom.